The number of nitrogens with one attached hydrogen (secondary N) is 1. The summed E-state index contributed by atoms with van der Waals surface area (Å²) < 4.78 is 29.2. The van der Waals surface area contributed by atoms with E-state index in [0.29, 0.717) is 22.0 Å². The Hall–Kier alpha value is -3.40. The maximum absolute atomic E-state index is 13.3. The van der Waals surface area contributed by atoms with E-state index in [1.165, 1.54) is 23.1 Å². The van der Waals surface area contributed by atoms with Crippen molar-refractivity contribution in [2.24, 2.45) is 5.14 Å². The van der Waals surface area contributed by atoms with Crippen LogP contribution in [0.2, 0.25) is 5.02 Å². The lowest BCUT2D eigenvalue weighted by atomic mass is 9.99. The van der Waals surface area contributed by atoms with Crippen molar-refractivity contribution in [3.8, 4) is 5.75 Å². The molecule has 0 fully saturated rings. The number of halogens is 1. The first kappa shape index (κ1) is 22.8. The fraction of sp³-hybridized carbons (Fsp3) is 0.130. The summed E-state index contributed by atoms with van der Waals surface area (Å²) in [5.41, 5.74) is 1.17. The molecular formula is C23H20ClN3O5S. The number of primary sulfonamides is 1. The number of fused-ring (bicyclic) bond motifs is 1. The van der Waals surface area contributed by atoms with Crippen LogP contribution in [0.25, 0.3) is 0 Å². The number of carbonyl (C=O) groups excluding carboxylic acids is 2. The molecule has 1 aliphatic heterocycles. The predicted molar refractivity (Wildman–Crippen MR) is 125 cm³/mol. The van der Waals surface area contributed by atoms with Crippen LogP contribution in [0.5, 0.6) is 5.75 Å². The van der Waals surface area contributed by atoms with Crippen LogP contribution in [0.1, 0.15) is 18.0 Å². The molecular weight excluding hydrogens is 466 g/mol. The number of benzene rings is 3. The molecule has 0 spiro atoms. The van der Waals surface area contributed by atoms with E-state index >= 15 is 0 Å². The van der Waals surface area contributed by atoms with E-state index in [1.54, 1.807) is 48.5 Å². The van der Waals surface area contributed by atoms with E-state index in [-0.39, 0.29) is 29.5 Å². The van der Waals surface area contributed by atoms with Gasteiger partial charge in [0.05, 0.1) is 29.3 Å². The summed E-state index contributed by atoms with van der Waals surface area (Å²) in [5, 5.41) is 8.49. The van der Waals surface area contributed by atoms with Crippen LogP contribution in [0, 0.1) is 0 Å². The average molecular weight is 486 g/mol. The molecule has 1 heterocycles. The van der Waals surface area contributed by atoms with Crippen molar-refractivity contribution >= 4 is 44.8 Å². The molecule has 2 amide bonds. The van der Waals surface area contributed by atoms with Crippen molar-refractivity contribution < 1.29 is 22.7 Å². The second-order valence-corrected chi connectivity index (χ2v) is 9.34. The molecule has 1 aliphatic rings. The highest BCUT2D eigenvalue weighted by molar-refractivity contribution is 7.89. The molecule has 170 valence electrons. The zero-order chi connectivity index (χ0) is 23.6. The smallest absolute Gasteiger partial charge is 0.252 e. The van der Waals surface area contributed by atoms with Crippen LogP contribution in [-0.2, 0) is 19.6 Å². The minimum absolute atomic E-state index is 0.0182. The molecule has 0 aromatic heterocycles. The molecule has 1 unspecified atom stereocenters. The van der Waals surface area contributed by atoms with Gasteiger partial charge in [0, 0.05) is 5.02 Å². The number of sulfonamides is 1. The second kappa shape index (κ2) is 9.22. The Morgan fingerprint density at radius 3 is 2.42 bits per heavy atom. The van der Waals surface area contributed by atoms with Gasteiger partial charge in [0.15, 0.2) is 0 Å². The molecule has 3 aromatic carbocycles. The van der Waals surface area contributed by atoms with Gasteiger partial charge < -0.3 is 10.1 Å². The Morgan fingerprint density at radius 2 is 1.76 bits per heavy atom. The van der Waals surface area contributed by atoms with Crippen molar-refractivity contribution in [1.82, 2.24) is 0 Å². The third-order valence-corrected chi connectivity index (χ3v) is 6.27. The highest BCUT2D eigenvalue weighted by atomic mass is 35.5. The zero-order valence-electron chi connectivity index (χ0n) is 17.3. The fourth-order valence-corrected chi connectivity index (χ4v) is 4.25. The summed E-state index contributed by atoms with van der Waals surface area (Å²) >= 11 is 5.87. The number of anilines is 2. The summed E-state index contributed by atoms with van der Waals surface area (Å²) in [6, 6.07) is 18.7. The van der Waals surface area contributed by atoms with Crippen molar-refractivity contribution in [1.29, 1.82) is 0 Å². The molecule has 1 atom stereocenters. The molecule has 0 saturated carbocycles. The minimum atomic E-state index is -3.99. The number of carbonyl (C=O) groups is 2. The van der Waals surface area contributed by atoms with Gasteiger partial charge in [0.25, 0.3) is 5.91 Å². The molecule has 0 saturated heterocycles. The number of ether oxygens (including phenoxy) is 1. The summed E-state index contributed by atoms with van der Waals surface area (Å²) in [6.45, 7) is 0.0741. The first-order chi connectivity index (χ1) is 15.7. The van der Waals surface area contributed by atoms with Gasteiger partial charge in [-0.3, -0.25) is 14.5 Å². The number of hydrogen-bond acceptors (Lipinski definition) is 5. The molecule has 3 aromatic rings. The average Bonchev–Trinajstić information content (AvgIpc) is 2.79. The lowest BCUT2D eigenvalue weighted by Gasteiger charge is -2.37. The van der Waals surface area contributed by atoms with E-state index in [0.717, 1.165) is 0 Å². The van der Waals surface area contributed by atoms with E-state index in [2.05, 4.69) is 5.32 Å². The number of amides is 2. The van der Waals surface area contributed by atoms with Crippen molar-refractivity contribution in [2.45, 2.75) is 17.4 Å². The number of rotatable bonds is 6. The first-order valence-electron chi connectivity index (χ1n) is 9.97. The topological polar surface area (TPSA) is 119 Å². The highest BCUT2D eigenvalue weighted by Crippen LogP contribution is 2.39. The van der Waals surface area contributed by atoms with Gasteiger partial charge in [-0.05, 0) is 48.0 Å². The molecule has 0 radical (unpaired) electrons. The van der Waals surface area contributed by atoms with E-state index in [4.69, 9.17) is 21.5 Å². The molecule has 33 heavy (non-hydrogen) atoms. The summed E-state index contributed by atoms with van der Waals surface area (Å²) in [4.78, 5) is 27.5. The van der Waals surface area contributed by atoms with Crippen molar-refractivity contribution in [2.75, 3.05) is 16.8 Å². The zero-order valence-corrected chi connectivity index (χ0v) is 18.8. The Balaban J connectivity index is 1.65. The standard InChI is InChI=1S/C23H20ClN3O5S/c24-16-6-8-17(9-7-16)32-13-12-21(28)27-20-11-10-18(33(25,30)31)14-19(20)26-23(29)22(27)15-4-2-1-3-5-15/h1-11,14,22H,12-13H2,(H,26,29)(H2,25,30,31). The lowest BCUT2D eigenvalue weighted by Crippen LogP contribution is -2.45. The molecule has 0 bridgehead atoms. The molecule has 10 heteroatoms. The van der Waals surface area contributed by atoms with E-state index in [9.17, 15) is 18.0 Å². The maximum Gasteiger partial charge on any atom is 0.252 e. The van der Waals surface area contributed by atoms with Crippen LogP contribution >= 0.6 is 11.6 Å². The quantitative estimate of drug-likeness (QED) is 0.554. The second-order valence-electron chi connectivity index (χ2n) is 7.34. The van der Waals surface area contributed by atoms with Crippen LogP contribution in [0.15, 0.2) is 77.7 Å². The lowest BCUT2D eigenvalue weighted by molar-refractivity contribution is -0.124. The monoisotopic (exact) mass is 485 g/mol. The molecule has 8 nitrogen and oxygen atoms in total. The molecule has 3 N–H and O–H groups in total. The summed E-state index contributed by atoms with van der Waals surface area (Å²) in [7, 11) is -3.99. The SMILES string of the molecule is NS(=O)(=O)c1ccc2c(c1)NC(=O)C(c1ccccc1)N2C(=O)CCOc1ccc(Cl)cc1. The van der Waals surface area contributed by atoms with Crippen molar-refractivity contribution in [3.63, 3.8) is 0 Å². The number of hydrogen-bond donors (Lipinski definition) is 2. The summed E-state index contributed by atoms with van der Waals surface area (Å²) in [5.74, 6) is -0.272. The van der Waals surface area contributed by atoms with Gasteiger partial charge in [-0.15, -0.1) is 0 Å². The van der Waals surface area contributed by atoms with Gasteiger partial charge in [-0.25, -0.2) is 13.6 Å². The van der Waals surface area contributed by atoms with Gasteiger partial charge >= 0.3 is 0 Å². The largest absolute Gasteiger partial charge is 0.493 e. The molecule has 0 aliphatic carbocycles. The van der Waals surface area contributed by atoms with E-state index < -0.39 is 22.0 Å². The van der Waals surface area contributed by atoms with Gasteiger partial charge in [-0.2, -0.15) is 0 Å². The van der Waals surface area contributed by atoms with Gasteiger partial charge in [0.1, 0.15) is 11.8 Å². The molecule has 4 rings (SSSR count). The van der Waals surface area contributed by atoms with Crippen LogP contribution < -0.4 is 20.1 Å². The van der Waals surface area contributed by atoms with Crippen LogP contribution in [0.4, 0.5) is 11.4 Å². The predicted octanol–water partition coefficient (Wildman–Crippen LogP) is 3.48. The van der Waals surface area contributed by atoms with Crippen LogP contribution in [0.3, 0.4) is 0 Å². The number of nitrogens with zero attached hydrogens (tertiary/aromatic N) is 1. The third kappa shape index (κ3) is 5.00. The van der Waals surface area contributed by atoms with Crippen LogP contribution in [-0.4, -0.2) is 26.8 Å². The Morgan fingerprint density at radius 1 is 1.06 bits per heavy atom. The highest BCUT2D eigenvalue weighted by Gasteiger charge is 2.38. The minimum Gasteiger partial charge on any atom is -0.493 e. The Labute approximate surface area is 196 Å². The van der Waals surface area contributed by atoms with Gasteiger partial charge in [0.2, 0.25) is 15.9 Å². The van der Waals surface area contributed by atoms with E-state index in [1.807, 2.05) is 6.07 Å². The third-order valence-electron chi connectivity index (χ3n) is 5.10. The summed E-state index contributed by atoms with van der Waals surface area (Å²) in [6.07, 6.45) is -0.0182. The first-order valence-corrected chi connectivity index (χ1v) is 11.9. The fourth-order valence-electron chi connectivity index (χ4n) is 3.58. The normalized spacial score (nSPS) is 15.5. The Kier molecular flexibility index (Phi) is 6.37. The number of nitrogens with two attached hydrogens (primary N) is 1. The van der Waals surface area contributed by atoms with Crippen molar-refractivity contribution in [3.05, 3.63) is 83.4 Å². The Bertz CT molecular complexity index is 1300. The maximum atomic E-state index is 13.3. The van der Waals surface area contributed by atoms with Gasteiger partial charge in [-0.1, -0.05) is 41.9 Å².